The van der Waals surface area contributed by atoms with Crippen molar-refractivity contribution in [1.82, 2.24) is 25.1 Å². The second-order valence-electron chi connectivity index (χ2n) is 8.51. The Morgan fingerprint density at radius 3 is 2.88 bits per heavy atom. The van der Waals surface area contributed by atoms with Gasteiger partial charge in [-0.2, -0.15) is 15.3 Å². The minimum atomic E-state index is 0.0142. The summed E-state index contributed by atoms with van der Waals surface area (Å²) in [4.78, 5) is 23.3. The maximum absolute atomic E-state index is 11.9. The van der Waals surface area contributed by atoms with Gasteiger partial charge < -0.3 is 20.3 Å². The molecule has 1 aromatic carbocycles. The van der Waals surface area contributed by atoms with Gasteiger partial charge in [-0.15, -0.1) is 0 Å². The lowest BCUT2D eigenvalue weighted by molar-refractivity contribution is -0.124. The molecule has 0 radical (unpaired) electrons. The van der Waals surface area contributed by atoms with E-state index in [0.717, 1.165) is 49.1 Å². The molecule has 0 spiro atoms. The molecule has 0 bridgehead atoms. The largest absolute Gasteiger partial charge is 0.378 e. The molecule has 3 aromatic rings. The van der Waals surface area contributed by atoms with Crippen LogP contribution in [-0.2, 0) is 9.53 Å². The number of nitriles is 1. The second-order valence-corrected chi connectivity index (χ2v) is 9.26. The topological polar surface area (TPSA) is 121 Å². The molecule has 2 aromatic heterocycles. The first-order valence-corrected chi connectivity index (χ1v) is 12.1. The number of benzene rings is 1. The quantitative estimate of drug-likeness (QED) is 0.522. The standard InChI is InChI=1S/C23H25BrN8O2/c1-26-22(33)14-2-3-16(10-14)28-23-27-13-18-20(24)30-32(21(18)29-23)17-4-5-19(15(11-17)12-25)31-6-8-34-9-7-31/h4-5,11,13-14,16H,2-3,6-10H2,1H3,(H,26,33)(H,27,28,29)/t14-,16-/m1/s1. The lowest BCUT2D eigenvalue weighted by Crippen LogP contribution is -2.36. The second kappa shape index (κ2) is 9.56. The van der Waals surface area contributed by atoms with Crippen LogP contribution in [0.5, 0.6) is 0 Å². The van der Waals surface area contributed by atoms with Gasteiger partial charge in [0.1, 0.15) is 10.7 Å². The van der Waals surface area contributed by atoms with Gasteiger partial charge in [-0.1, -0.05) is 0 Å². The summed E-state index contributed by atoms with van der Waals surface area (Å²) in [6.07, 6.45) is 4.21. The Labute approximate surface area is 205 Å². The number of aromatic nitrogens is 4. The van der Waals surface area contributed by atoms with Crippen LogP contribution in [0.15, 0.2) is 29.0 Å². The summed E-state index contributed by atoms with van der Waals surface area (Å²) in [6.45, 7) is 2.82. The molecule has 34 heavy (non-hydrogen) atoms. The van der Waals surface area contributed by atoms with Crippen molar-refractivity contribution >= 4 is 44.5 Å². The number of hydrogen-bond donors (Lipinski definition) is 2. The number of anilines is 2. The molecule has 2 atom stereocenters. The molecule has 10 nitrogen and oxygen atoms in total. The highest BCUT2D eigenvalue weighted by Gasteiger charge is 2.30. The Balaban J connectivity index is 1.44. The maximum Gasteiger partial charge on any atom is 0.224 e. The fourth-order valence-electron chi connectivity index (χ4n) is 4.68. The van der Waals surface area contributed by atoms with E-state index in [1.54, 1.807) is 17.9 Å². The highest BCUT2D eigenvalue weighted by atomic mass is 79.9. The molecule has 0 unspecified atom stereocenters. The third-order valence-electron chi connectivity index (χ3n) is 6.46. The SMILES string of the molecule is CNC(=O)[C@@H]1CC[C@@H](Nc2ncc3c(Br)nn(-c4ccc(N5CCOCC5)c(C#N)c4)c3n2)C1. The molecule has 176 valence electrons. The normalized spacial score (nSPS) is 20.3. The lowest BCUT2D eigenvalue weighted by Gasteiger charge is -2.29. The van der Waals surface area contributed by atoms with E-state index < -0.39 is 0 Å². The maximum atomic E-state index is 11.9. The fourth-order valence-corrected chi connectivity index (χ4v) is 5.12. The Bertz CT molecular complexity index is 1260. The Kier molecular flexibility index (Phi) is 6.34. The zero-order chi connectivity index (χ0) is 23.7. The molecule has 11 heteroatoms. The van der Waals surface area contributed by atoms with Crippen molar-refractivity contribution in [3.05, 3.63) is 34.6 Å². The zero-order valence-electron chi connectivity index (χ0n) is 18.8. The number of ether oxygens (including phenoxy) is 1. The molecule has 1 amide bonds. The van der Waals surface area contributed by atoms with E-state index in [1.165, 1.54) is 0 Å². The van der Waals surface area contributed by atoms with Crippen LogP contribution in [-0.4, -0.2) is 65.0 Å². The summed E-state index contributed by atoms with van der Waals surface area (Å²) >= 11 is 3.51. The van der Waals surface area contributed by atoms with Gasteiger partial charge >= 0.3 is 0 Å². The molecule has 2 N–H and O–H groups in total. The minimum Gasteiger partial charge on any atom is -0.378 e. The number of carbonyl (C=O) groups excluding carboxylic acids is 1. The number of amides is 1. The molecule has 1 saturated heterocycles. The average Bonchev–Trinajstić information content (AvgIpc) is 3.48. The number of nitrogens with zero attached hydrogens (tertiary/aromatic N) is 6. The van der Waals surface area contributed by atoms with Crippen molar-refractivity contribution in [2.45, 2.75) is 25.3 Å². The number of morpholine rings is 1. The van der Waals surface area contributed by atoms with Gasteiger partial charge in [-0.3, -0.25) is 4.79 Å². The monoisotopic (exact) mass is 524 g/mol. The predicted molar refractivity (Wildman–Crippen MR) is 131 cm³/mol. The first kappa shape index (κ1) is 22.6. The van der Waals surface area contributed by atoms with Crippen molar-refractivity contribution in [1.29, 1.82) is 5.26 Å². The summed E-state index contributed by atoms with van der Waals surface area (Å²) < 4.78 is 7.79. The minimum absolute atomic E-state index is 0.0142. The number of halogens is 1. The average molecular weight is 525 g/mol. The molecule has 1 saturated carbocycles. The third kappa shape index (κ3) is 4.31. The molecule has 1 aliphatic heterocycles. The summed E-state index contributed by atoms with van der Waals surface area (Å²) in [5.41, 5.74) is 2.86. The molecule has 5 rings (SSSR count). The van der Waals surface area contributed by atoms with Crippen molar-refractivity contribution in [3.63, 3.8) is 0 Å². The summed E-state index contributed by atoms with van der Waals surface area (Å²) in [7, 11) is 1.67. The first-order valence-electron chi connectivity index (χ1n) is 11.3. The van der Waals surface area contributed by atoms with Gasteiger partial charge in [0.15, 0.2) is 5.65 Å². The molecular formula is C23H25BrN8O2. The Hall–Kier alpha value is -3.23. The van der Waals surface area contributed by atoms with E-state index in [4.69, 9.17) is 9.72 Å². The number of fused-ring (bicyclic) bond motifs is 1. The molecule has 3 heterocycles. The van der Waals surface area contributed by atoms with E-state index >= 15 is 0 Å². The highest BCUT2D eigenvalue weighted by Crippen LogP contribution is 2.30. The van der Waals surface area contributed by atoms with Crippen LogP contribution in [0.2, 0.25) is 0 Å². The van der Waals surface area contributed by atoms with Crippen LogP contribution in [0.1, 0.15) is 24.8 Å². The van der Waals surface area contributed by atoms with Crippen molar-refractivity contribution in [2.75, 3.05) is 43.6 Å². The van der Waals surface area contributed by atoms with E-state index in [2.05, 4.69) is 47.6 Å². The number of rotatable bonds is 5. The van der Waals surface area contributed by atoms with Gasteiger partial charge in [0.05, 0.1) is 35.5 Å². The molecule has 1 aliphatic carbocycles. The predicted octanol–water partition coefficient (Wildman–Crippen LogP) is 2.61. The van der Waals surface area contributed by atoms with E-state index in [1.807, 2.05) is 18.2 Å². The van der Waals surface area contributed by atoms with Gasteiger partial charge in [-0.05, 0) is 53.4 Å². The Morgan fingerprint density at radius 2 is 2.12 bits per heavy atom. The van der Waals surface area contributed by atoms with Crippen LogP contribution >= 0.6 is 15.9 Å². The van der Waals surface area contributed by atoms with Crippen LogP contribution in [0.3, 0.4) is 0 Å². The van der Waals surface area contributed by atoms with E-state index in [9.17, 15) is 10.1 Å². The van der Waals surface area contributed by atoms with Crippen LogP contribution < -0.4 is 15.5 Å². The van der Waals surface area contributed by atoms with Crippen molar-refractivity contribution in [2.24, 2.45) is 5.92 Å². The highest BCUT2D eigenvalue weighted by molar-refractivity contribution is 9.10. The molecule has 2 aliphatic rings. The van der Waals surface area contributed by atoms with Gasteiger partial charge in [-0.25, -0.2) is 9.67 Å². The van der Waals surface area contributed by atoms with Gasteiger partial charge in [0.25, 0.3) is 0 Å². The van der Waals surface area contributed by atoms with E-state index in [-0.39, 0.29) is 17.9 Å². The zero-order valence-corrected chi connectivity index (χ0v) is 20.4. The lowest BCUT2D eigenvalue weighted by atomic mass is 10.1. The first-order chi connectivity index (χ1) is 16.6. The summed E-state index contributed by atoms with van der Waals surface area (Å²) in [5, 5.41) is 21.3. The number of hydrogen-bond acceptors (Lipinski definition) is 8. The summed E-state index contributed by atoms with van der Waals surface area (Å²) in [5.74, 6) is 0.589. The van der Waals surface area contributed by atoms with E-state index in [0.29, 0.717) is 35.0 Å². The van der Waals surface area contributed by atoms with Crippen LogP contribution in [0.4, 0.5) is 11.6 Å². The van der Waals surface area contributed by atoms with Gasteiger partial charge in [0, 0.05) is 38.3 Å². The number of carbonyl (C=O) groups is 1. The van der Waals surface area contributed by atoms with Crippen LogP contribution in [0, 0.1) is 17.2 Å². The molecule has 2 fully saturated rings. The molecular weight excluding hydrogens is 500 g/mol. The smallest absolute Gasteiger partial charge is 0.224 e. The number of nitrogens with one attached hydrogen (secondary N) is 2. The van der Waals surface area contributed by atoms with Crippen LogP contribution in [0.25, 0.3) is 16.7 Å². The van der Waals surface area contributed by atoms with Crippen molar-refractivity contribution < 1.29 is 9.53 Å². The van der Waals surface area contributed by atoms with Gasteiger partial charge in [0.2, 0.25) is 11.9 Å². The summed E-state index contributed by atoms with van der Waals surface area (Å²) in [6, 6.07) is 8.20. The third-order valence-corrected chi connectivity index (χ3v) is 7.05. The van der Waals surface area contributed by atoms with Crippen molar-refractivity contribution in [3.8, 4) is 11.8 Å². The Morgan fingerprint density at radius 1 is 1.29 bits per heavy atom. The fraction of sp³-hybridized carbons (Fsp3) is 0.435.